The lowest BCUT2D eigenvalue weighted by molar-refractivity contribution is -0.140. The van der Waals surface area contributed by atoms with Crippen molar-refractivity contribution in [2.45, 2.75) is 84.3 Å². The zero-order chi connectivity index (χ0) is 46.9. The number of amides is 1. The molecule has 2 aromatic carbocycles. The number of carboxylic acids is 1. The summed E-state index contributed by atoms with van der Waals surface area (Å²) >= 11 is 0. The van der Waals surface area contributed by atoms with Crippen LogP contribution in [-0.4, -0.2) is 93.7 Å². The van der Waals surface area contributed by atoms with E-state index in [0.717, 1.165) is 49.1 Å². The molecule has 1 saturated carbocycles. The Labute approximate surface area is 386 Å². The minimum atomic E-state index is -1.03. The highest BCUT2D eigenvalue weighted by Gasteiger charge is 2.53. The van der Waals surface area contributed by atoms with Crippen LogP contribution in [0.3, 0.4) is 0 Å². The van der Waals surface area contributed by atoms with E-state index in [0.29, 0.717) is 82.3 Å². The monoisotopic (exact) mass is 902 g/mol. The van der Waals surface area contributed by atoms with Gasteiger partial charge in [0.25, 0.3) is 5.91 Å². The van der Waals surface area contributed by atoms with Gasteiger partial charge in [0.2, 0.25) is 0 Å². The number of aromatic nitrogens is 7. The topological polar surface area (TPSA) is 177 Å². The fourth-order valence-corrected chi connectivity index (χ4v) is 10.3. The van der Waals surface area contributed by atoms with Crippen LogP contribution in [0.5, 0.6) is 5.75 Å². The second kappa shape index (κ2) is 16.6. The van der Waals surface area contributed by atoms with E-state index in [1.54, 1.807) is 62.8 Å². The van der Waals surface area contributed by atoms with Crippen molar-refractivity contribution in [3.8, 4) is 28.9 Å². The fourth-order valence-electron chi connectivity index (χ4n) is 10.3. The Balaban J connectivity index is 0.995. The molecule has 0 unspecified atom stereocenters. The minimum absolute atomic E-state index is 0.124. The van der Waals surface area contributed by atoms with Crippen LogP contribution in [-0.2, 0) is 29.7 Å². The first-order valence-electron chi connectivity index (χ1n) is 22.7. The Bertz CT molecular complexity index is 3240. The van der Waals surface area contributed by atoms with E-state index in [9.17, 15) is 24.8 Å². The zero-order valence-electron chi connectivity index (χ0n) is 38.2. The molecule has 0 bridgehead atoms. The van der Waals surface area contributed by atoms with E-state index in [4.69, 9.17) is 14.7 Å². The van der Waals surface area contributed by atoms with E-state index < -0.39 is 17.2 Å². The lowest BCUT2D eigenvalue weighted by Crippen LogP contribution is -2.41. The van der Waals surface area contributed by atoms with Crippen LogP contribution in [0.15, 0.2) is 77.9 Å². The number of likely N-dealkylation sites (tertiary alicyclic amines) is 1. The highest BCUT2D eigenvalue weighted by atomic mass is 19.1. The summed E-state index contributed by atoms with van der Waals surface area (Å²) in [5.41, 5.74) is 5.43. The summed E-state index contributed by atoms with van der Waals surface area (Å²) in [6.45, 7) is 11.9. The number of carbonyl (C=O) groups excluding carboxylic acids is 1. The van der Waals surface area contributed by atoms with Crippen LogP contribution in [0.1, 0.15) is 96.6 Å². The van der Waals surface area contributed by atoms with Crippen molar-refractivity contribution < 1.29 is 23.8 Å². The number of imidazole rings is 1. The molecule has 67 heavy (non-hydrogen) atoms. The Morgan fingerprint density at radius 2 is 1.79 bits per heavy atom. The fraction of sp³-hybridized carbons (Fsp3) is 0.373. The van der Waals surface area contributed by atoms with Crippen molar-refractivity contribution in [2.75, 3.05) is 33.3 Å². The maximum Gasteiger partial charge on any atom is 0.335 e. The number of ether oxygens (including phenoxy) is 1. The number of methoxy groups -OCH3 is 1. The number of hydrogen-bond acceptors (Lipinski definition) is 10. The minimum Gasteiger partial charge on any atom is -0.496 e. The number of aryl methyl sites for hydroxylation is 1. The average molecular weight is 903 g/mol. The van der Waals surface area contributed by atoms with Gasteiger partial charge in [0.15, 0.2) is 11.5 Å². The number of pyridine rings is 2. The number of hydrogen-bond donors (Lipinski definition) is 1. The summed E-state index contributed by atoms with van der Waals surface area (Å²) in [4.78, 5) is 65.2. The molecule has 10 rings (SSSR count). The molecule has 0 radical (unpaired) electrons. The van der Waals surface area contributed by atoms with Crippen LogP contribution in [0.4, 0.5) is 4.39 Å². The van der Waals surface area contributed by atoms with Crippen molar-refractivity contribution in [1.29, 1.82) is 5.26 Å². The molecular weight excluding hydrogens is 852 g/mol. The number of halogens is 1. The molecule has 2 fully saturated rings. The SMILES string of the molecule is COc1ccc(-c2nc(C)c3c(n2)n(C2CCN(CC(C)(C)C)CC2)c(=O)n3-c2ccc(C(=O)N3CCc4c(n(Cc5ccc(C#N)cc5F)c5ncccc45)C3)nc2)cc1C1(C(=O)O)CC1. The lowest BCUT2D eigenvalue weighted by Gasteiger charge is -2.36. The molecule has 0 spiro atoms. The second-order valence-electron chi connectivity index (χ2n) is 19.3. The second-order valence-corrected chi connectivity index (χ2v) is 19.3. The summed E-state index contributed by atoms with van der Waals surface area (Å²) in [6.07, 6.45) is 6.28. The van der Waals surface area contributed by atoms with Gasteiger partial charge in [-0.1, -0.05) is 26.8 Å². The number of benzene rings is 2. The van der Waals surface area contributed by atoms with Gasteiger partial charge in [0.1, 0.15) is 28.4 Å². The van der Waals surface area contributed by atoms with E-state index in [2.05, 4.69) is 35.6 Å². The molecule has 0 atom stereocenters. The third kappa shape index (κ3) is 7.70. The quantitative estimate of drug-likeness (QED) is 0.145. The molecule has 3 aliphatic rings. The number of aliphatic carboxylic acids is 1. The number of carboxylic acid groups (broad SMARTS) is 1. The molecule has 2 aliphatic heterocycles. The van der Waals surface area contributed by atoms with Gasteiger partial charge in [-0.25, -0.2) is 29.1 Å². The molecule has 5 aromatic heterocycles. The van der Waals surface area contributed by atoms with E-state index in [1.165, 1.54) is 13.2 Å². The average Bonchev–Trinajstić information content (AvgIpc) is 4.01. The summed E-state index contributed by atoms with van der Waals surface area (Å²) in [5.74, 6) is -0.822. The lowest BCUT2D eigenvalue weighted by atomic mass is 9.93. The normalized spacial score (nSPS) is 16.3. The first kappa shape index (κ1) is 43.6. The smallest absolute Gasteiger partial charge is 0.335 e. The van der Waals surface area contributed by atoms with Gasteiger partial charge in [-0.3, -0.25) is 18.7 Å². The Morgan fingerprint density at radius 1 is 1.00 bits per heavy atom. The third-order valence-electron chi connectivity index (χ3n) is 13.7. The molecule has 1 amide bonds. The number of rotatable bonds is 10. The molecule has 1 saturated heterocycles. The predicted octanol–water partition coefficient (Wildman–Crippen LogP) is 7.37. The Morgan fingerprint density at radius 3 is 2.46 bits per heavy atom. The van der Waals surface area contributed by atoms with Crippen molar-refractivity contribution in [1.82, 2.24) is 43.4 Å². The van der Waals surface area contributed by atoms with Crippen molar-refractivity contribution in [2.24, 2.45) is 5.41 Å². The molecule has 342 valence electrons. The van der Waals surface area contributed by atoms with Gasteiger partial charge in [0.05, 0.1) is 54.8 Å². The zero-order valence-corrected chi connectivity index (χ0v) is 38.2. The molecule has 15 nitrogen and oxygen atoms in total. The van der Waals surface area contributed by atoms with Gasteiger partial charge >= 0.3 is 11.7 Å². The van der Waals surface area contributed by atoms with Crippen LogP contribution in [0, 0.1) is 29.5 Å². The summed E-state index contributed by atoms with van der Waals surface area (Å²) < 4.78 is 26.2. The van der Waals surface area contributed by atoms with E-state index in [1.807, 2.05) is 35.8 Å². The molecule has 7 aromatic rings. The Kier molecular flexibility index (Phi) is 10.8. The molecule has 16 heteroatoms. The van der Waals surface area contributed by atoms with Gasteiger partial charge in [-0.15, -0.1) is 0 Å². The highest BCUT2D eigenvalue weighted by Crippen LogP contribution is 2.52. The maximum atomic E-state index is 15.2. The van der Waals surface area contributed by atoms with E-state index in [-0.39, 0.29) is 47.4 Å². The summed E-state index contributed by atoms with van der Waals surface area (Å²) in [6, 6.07) is 18.9. The van der Waals surface area contributed by atoms with Crippen LogP contribution in [0.2, 0.25) is 0 Å². The Hall–Kier alpha value is -7.25. The number of nitriles is 1. The number of fused-ring (bicyclic) bond motifs is 4. The van der Waals surface area contributed by atoms with Crippen molar-refractivity contribution in [3.05, 3.63) is 129 Å². The molecule has 7 heterocycles. The van der Waals surface area contributed by atoms with Crippen molar-refractivity contribution >= 4 is 34.1 Å². The number of nitrogens with zero attached hydrogens (tertiary/aromatic N) is 10. The van der Waals surface area contributed by atoms with Gasteiger partial charge in [-0.2, -0.15) is 5.26 Å². The summed E-state index contributed by atoms with van der Waals surface area (Å²) in [5, 5.41) is 20.4. The van der Waals surface area contributed by atoms with Gasteiger partial charge in [-0.05, 0) is 105 Å². The van der Waals surface area contributed by atoms with Crippen LogP contribution >= 0.6 is 0 Å². The van der Waals surface area contributed by atoms with E-state index >= 15 is 4.39 Å². The molecule has 1 N–H and O–H groups in total. The maximum absolute atomic E-state index is 15.2. The number of piperidine rings is 1. The first-order valence-corrected chi connectivity index (χ1v) is 22.7. The van der Waals surface area contributed by atoms with Gasteiger partial charge in [0, 0.05) is 66.2 Å². The highest BCUT2D eigenvalue weighted by molar-refractivity contribution is 5.93. The largest absolute Gasteiger partial charge is 0.496 e. The third-order valence-corrected chi connectivity index (χ3v) is 13.7. The number of carbonyl (C=O) groups is 2. The molecular formula is C51H51FN10O5. The van der Waals surface area contributed by atoms with Crippen LogP contribution < -0.4 is 10.4 Å². The standard InChI is InChI=1S/C51H51FN10O5/c1-30-43-46(57-44(56-30)32-10-13-42(67-5)38(24-32)51(17-18-51)48(64)65)62(34-14-20-58(21-15-34)29-50(2,3)4)49(66)61(43)35-11-12-40(55-26-35)47(63)59-22-16-36-37-7-6-19-54-45(37)60(41(36)28-59)27-33-9-8-31(25-53)23-39(33)52/h6-13,19,23-24,26,34H,14-18,20-22,27-29H2,1-5H3,(H,64,65). The molecule has 1 aliphatic carbocycles. The van der Waals surface area contributed by atoms with Crippen LogP contribution in [0.25, 0.3) is 39.3 Å². The predicted molar refractivity (Wildman–Crippen MR) is 249 cm³/mol. The summed E-state index contributed by atoms with van der Waals surface area (Å²) in [7, 11) is 1.53. The first-order chi connectivity index (χ1) is 32.2. The van der Waals surface area contributed by atoms with Crippen molar-refractivity contribution in [3.63, 3.8) is 0 Å². The van der Waals surface area contributed by atoms with Gasteiger partial charge < -0.3 is 24.2 Å².